The van der Waals surface area contributed by atoms with Gasteiger partial charge in [0.15, 0.2) is 0 Å². The number of aryl methyl sites for hydroxylation is 1. The Hall–Kier alpha value is -2.16. The fourth-order valence-electron chi connectivity index (χ4n) is 4.15. The third-order valence-electron chi connectivity index (χ3n) is 5.83. The smallest absolute Gasteiger partial charge is 0.125 e. The maximum absolute atomic E-state index is 10.6. The summed E-state index contributed by atoms with van der Waals surface area (Å²) in [6, 6.07) is 6.12. The summed E-state index contributed by atoms with van der Waals surface area (Å²) in [6.07, 6.45) is 10.6. The van der Waals surface area contributed by atoms with Crippen LogP contribution in [-0.2, 0) is 11.3 Å². The van der Waals surface area contributed by atoms with Gasteiger partial charge >= 0.3 is 0 Å². The molecule has 1 aliphatic heterocycles. The molecule has 1 unspecified atom stereocenters. The molecule has 0 spiro atoms. The molecule has 1 saturated carbocycles. The maximum Gasteiger partial charge on any atom is 0.125 e. The van der Waals surface area contributed by atoms with Crippen LogP contribution in [0.4, 0.5) is 0 Å². The molecule has 2 aromatic rings. The third kappa shape index (κ3) is 4.63. The number of hydrogen-bond acceptors (Lipinski definition) is 4. The zero-order valence-electron chi connectivity index (χ0n) is 16.7. The second-order valence-corrected chi connectivity index (χ2v) is 8.19. The summed E-state index contributed by atoms with van der Waals surface area (Å²) in [6.45, 7) is 3.68. The van der Waals surface area contributed by atoms with E-state index >= 15 is 0 Å². The SMILES string of the molecule is Cc1cc(C#CC2(O)CCCCC2)ccc1-c1cn(CC2CCCCO2)nn1. The molecule has 2 aliphatic rings. The second-order valence-electron chi connectivity index (χ2n) is 8.19. The minimum absolute atomic E-state index is 0.243. The van der Waals surface area contributed by atoms with Gasteiger partial charge in [-0.3, -0.25) is 0 Å². The Kier molecular flexibility index (Phi) is 5.79. The van der Waals surface area contributed by atoms with Crippen molar-refractivity contribution in [3.05, 3.63) is 35.5 Å². The summed E-state index contributed by atoms with van der Waals surface area (Å²) in [7, 11) is 0. The molecule has 5 heteroatoms. The fraction of sp³-hybridized carbons (Fsp3) is 0.565. The largest absolute Gasteiger partial charge is 0.378 e. The van der Waals surface area contributed by atoms with Gasteiger partial charge in [0.05, 0.1) is 18.8 Å². The topological polar surface area (TPSA) is 60.2 Å². The molecule has 1 aromatic carbocycles. The molecular formula is C23H29N3O2. The minimum atomic E-state index is -0.811. The van der Waals surface area contributed by atoms with E-state index in [-0.39, 0.29) is 6.10 Å². The van der Waals surface area contributed by atoms with Gasteiger partial charge in [-0.05, 0) is 69.6 Å². The second kappa shape index (κ2) is 8.46. The Balaban J connectivity index is 1.46. The standard InChI is InChI=1S/C23H29N3O2/c1-18-15-19(10-13-23(27)11-4-2-5-12-23)8-9-21(18)22-17-26(25-24-22)16-20-7-3-6-14-28-20/h8-9,15,17,20,27H,2-7,11-12,14,16H2,1H3. The lowest BCUT2D eigenvalue weighted by atomic mass is 9.85. The molecule has 2 fully saturated rings. The maximum atomic E-state index is 10.6. The van der Waals surface area contributed by atoms with Crippen molar-refractivity contribution in [2.75, 3.05) is 6.61 Å². The molecule has 0 amide bonds. The van der Waals surface area contributed by atoms with Gasteiger partial charge in [0, 0.05) is 17.7 Å². The molecule has 4 rings (SSSR count). The van der Waals surface area contributed by atoms with Gasteiger partial charge in [-0.25, -0.2) is 4.68 Å². The molecule has 1 aliphatic carbocycles. The van der Waals surface area contributed by atoms with Crippen LogP contribution in [0.15, 0.2) is 24.4 Å². The van der Waals surface area contributed by atoms with Crippen LogP contribution in [-0.4, -0.2) is 38.4 Å². The number of benzene rings is 1. The van der Waals surface area contributed by atoms with Crippen LogP contribution in [0.1, 0.15) is 62.5 Å². The fourth-order valence-corrected chi connectivity index (χ4v) is 4.15. The highest BCUT2D eigenvalue weighted by Crippen LogP contribution is 2.28. The molecule has 1 atom stereocenters. The average Bonchev–Trinajstić information content (AvgIpc) is 3.16. The van der Waals surface area contributed by atoms with Crippen molar-refractivity contribution in [2.45, 2.75) is 76.5 Å². The predicted molar refractivity (Wildman–Crippen MR) is 109 cm³/mol. The van der Waals surface area contributed by atoms with E-state index in [0.29, 0.717) is 0 Å². The summed E-state index contributed by atoms with van der Waals surface area (Å²) in [5.74, 6) is 6.29. The Morgan fingerprint density at radius 1 is 1.21 bits per heavy atom. The van der Waals surface area contributed by atoms with Gasteiger partial charge in [0.2, 0.25) is 0 Å². The molecule has 1 aromatic heterocycles. The van der Waals surface area contributed by atoms with Crippen LogP contribution in [0.5, 0.6) is 0 Å². The van der Waals surface area contributed by atoms with E-state index in [2.05, 4.69) is 41.2 Å². The van der Waals surface area contributed by atoms with Crippen molar-refractivity contribution in [1.82, 2.24) is 15.0 Å². The zero-order valence-corrected chi connectivity index (χ0v) is 16.7. The summed E-state index contributed by atoms with van der Waals surface area (Å²) in [5, 5.41) is 19.2. The van der Waals surface area contributed by atoms with Gasteiger partial charge in [0.25, 0.3) is 0 Å². The van der Waals surface area contributed by atoms with E-state index in [9.17, 15) is 5.11 Å². The normalized spacial score (nSPS) is 21.7. The molecule has 0 bridgehead atoms. The lowest BCUT2D eigenvalue weighted by Crippen LogP contribution is -2.29. The molecule has 1 N–H and O–H groups in total. The van der Waals surface area contributed by atoms with Gasteiger partial charge in [-0.2, -0.15) is 0 Å². The number of nitrogens with zero attached hydrogens (tertiary/aromatic N) is 3. The summed E-state index contributed by atoms with van der Waals surface area (Å²) >= 11 is 0. The average molecular weight is 380 g/mol. The van der Waals surface area contributed by atoms with E-state index in [0.717, 1.165) is 74.1 Å². The highest BCUT2D eigenvalue weighted by Gasteiger charge is 2.26. The van der Waals surface area contributed by atoms with Crippen LogP contribution in [0, 0.1) is 18.8 Å². The van der Waals surface area contributed by atoms with Crippen molar-refractivity contribution in [3.8, 4) is 23.1 Å². The van der Waals surface area contributed by atoms with Gasteiger partial charge < -0.3 is 9.84 Å². The Labute approximate surface area is 167 Å². The lowest BCUT2D eigenvalue weighted by molar-refractivity contribution is 0.00370. The summed E-state index contributed by atoms with van der Waals surface area (Å²) in [5.41, 5.74) is 3.18. The zero-order chi connectivity index (χ0) is 19.4. The highest BCUT2D eigenvalue weighted by molar-refractivity contribution is 5.64. The number of aromatic nitrogens is 3. The molecule has 0 radical (unpaired) electrons. The minimum Gasteiger partial charge on any atom is -0.378 e. The summed E-state index contributed by atoms with van der Waals surface area (Å²) in [4.78, 5) is 0. The molecule has 28 heavy (non-hydrogen) atoms. The quantitative estimate of drug-likeness (QED) is 0.823. The summed E-state index contributed by atoms with van der Waals surface area (Å²) < 4.78 is 7.68. The van der Waals surface area contributed by atoms with Crippen LogP contribution in [0.25, 0.3) is 11.3 Å². The van der Waals surface area contributed by atoms with E-state index < -0.39 is 5.60 Å². The van der Waals surface area contributed by atoms with Gasteiger partial charge in [0.1, 0.15) is 11.3 Å². The van der Waals surface area contributed by atoms with E-state index in [1.807, 2.05) is 16.9 Å². The third-order valence-corrected chi connectivity index (χ3v) is 5.83. The molecular weight excluding hydrogens is 350 g/mol. The first-order chi connectivity index (χ1) is 13.6. The van der Waals surface area contributed by atoms with Crippen molar-refractivity contribution in [3.63, 3.8) is 0 Å². The Morgan fingerprint density at radius 3 is 2.82 bits per heavy atom. The first kappa shape index (κ1) is 19.2. The van der Waals surface area contributed by atoms with Crippen molar-refractivity contribution >= 4 is 0 Å². The van der Waals surface area contributed by atoms with Gasteiger partial charge in [-0.1, -0.05) is 29.5 Å². The van der Waals surface area contributed by atoms with E-state index in [4.69, 9.17) is 4.74 Å². The van der Waals surface area contributed by atoms with Crippen LogP contribution >= 0.6 is 0 Å². The number of ether oxygens (including phenoxy) is 1. The Bertz CT molecular complexity index is 865. The monoisotopic (exact) mass is 379 g/mol. The molecule has 148 valence electrons. The molecule has 2 heterocycles. The Morgan fingerprint density at radius 2 is 2.07 bits per heavy atom. The van der Waals surface area contributed by atoms with Crippen molar-refractivity contribution in [2.24, 2.45) is 0 Å². The molecule has 1 saturated heterocycles. The van der Waals surface area contributed by atoms with E-state index in [1.165, 1.54) is 12.8 Å². The van der Waals surface area contributed by atoms with Crippen LogP contribution in [0.3, 0.4) is 0 Å². The number of hydrogen-bond donors (Lipinski definition) is 1. The highest BCUT2D eigenvalue weighted by atomic mass is 16.5. The molecule has 5 nitrogen and oxygen atoms in total. The lowest BCUT2D eigenvalue weighted by Gasteiger charge is -2.26. The number of aliphatic hydroxyl groups is 1. The predicted octanol–water partition coefficient (Wildman–Crippen LogP) is 3.87. The van der Waals surface area contributed by atoms with Gasteiger partial charge in [-0.15, -0.1) is 5.10 Å². The first-order valence-electron chi connectivity index (χ1n) is 10.5. The van der Waals surface area contributed by atoms with Crippen LogP contribution in [0.2, 0.25) is 0 Å². The van der Waals surface area contributed by atoms with Crippen molar-refractivity contribution in [1.29, 1.82) is 0 Å². The van der Waals surface area contributed by atoms with Crippen molar-refractivity contribution < 1.29 is 9.84 Å². The van der Waals surface area contributed by atoms with Crippen LogP contribution < -0.4 is 0 Å². The first-order valence-corrected chi connectivity index (χ1v) is 10.5. The van der Waals surface area contributed by atoms with E-state index in [1.54, 1.807) is 0 Å². The number of rotatable bonds is 3.